The molecule has 1 N–H and O–H groups in total. The lowest BCUT2D eigenvalue weighted by atomic mass is 10.3. The van der Waals surface area contributed by atoms with E-state index in [1.807, 2.05) is 13.8 Å². The van der Waals surface area contributed by atoms with Gasteiger partial charge in [0.25, 0.3) is 0 Å². The molecule has 0 aliphatic rings. The second-order valence-electron chi connectivity index (χ2n) is 3.19. The van der Waals surface area contributed by atoms with Gasteiger partial charge in [-0.05, 0) is 35.2 Å². The van der Waals surface area contributed by atoms with Crippen LogP contribution in [0.2, 0.25) is 0 Å². The normalized spacial score (nSPS) is 8.50. The lowest BCUT2D eigenvalue weighted by molar-refractivity contribution is -0.141. The molecular weight excluding hydrogens is 388 g/mol. The van der Waals surface area contributed by atoms with Crippen LogP contribution in [-0.4, -0.2) is 42.5 Å². The fourth-order valence-corrected chi connectivity index (χ4v) is 1.73. The van der Waals surface area contributed by atoms with Gasteiger partial charge < -0.3 is 14.8 Å². The van der Waals surface area contributed by atoms with Gasteiger partial charge >= 0.3 is 5.97 Å². The number of esters is 1. The Balaban J connectivity index is 0. The Morgan fingerprint density at radius 2 is 2.05 bits per heavy atom. The Morgan fingerprint density at radius 1 is 1.45 bits per heavy atom. The highest BCUT2D eigenvalue weighted by Crippen LogP contribution is 2.21. The van der Waals surface area contributed by atoms with Crippen molar-refractivity contribution < 1.29 is 14.3 Å². The summed E-state index contributed by atoms with van der Waals surface area (Å²) >= 11 is 12.0. The van der Waals surface area contributed by atoms with Gasteiger partial charge in [-0.25, -0.2) is 4.98 Å². The second-order valence-corrected chi connectivity index (χ2v) is 4.52. The molecule has 0 amide bonds. The third-order valence-corrected chi connectivity index (χ3v) is 2.72. The van der Waals surface area contributed by atoms with Gasteiger partial charge in [-0.2, -0.15) is 12.6 Å². The monoisotopic (exact) mass is 410 g/mol. The van der Waals surface area contributed by atoms with Crippen molar-refractivity contribution in [1.82, 2.24) is 10.3 Å². The van der Waals surface area contributed by atoms with Crippen LogP contribution in [0.5, 0.6) is 5.75 Å². The highest BCUT2D eigenvalue weighted by molar-refractivity contribution is 9.10. The number of thiol groups is 1. The molecule has 1 rings (SSSR count). The highest BCUT2D eigenvalue weighted by Gasteiger charge is 2.12. The number of pyridine rings is 1. The molecule has 0 fully saturated rings. The number of nitrogens with zero attached hydrogens (tertiary/aromatic N) is 1. The molecule has 0 spiro atoms. The summed E-state index contributed by atoms with van der Waals surface area (Å²) < 4.78 is 10.7. The molecule has 22 heavy (non-hydrogen) atoms. The van der Waals surface area contributed by atoms with Crippen molar-refractivity contribution in [2.75, 3.05) is 26.5 Å². The highest BCUT2D eigenvalue weighted by atomic mass is 79.9. The molecule has 8 heteroatoms. The fraction of sp³-hybridized carbons (Fsp3) is 0.500. The van der Waals surface area contributed by atoms with Crippen molar-refractivity contribution >= 4 is 51.7 Å². The van der Waals surface area contributed by atoms with Crippen molar-refractivity contribution in [2.45, 2.75) is 20.8 Å². The molecule has 0 aliphatic carbocycles. The summed E-state index contributed by atoms with van der Waals surface area (Å²) in [5, 5.41) is 2.78. The summed E-state index contributed by atoms with van der Waals surface area (Å²) in [7, 11) is 1.53. The molecule has 1 heterocycles. The number of thiocarbonyl (C=S) groups is 1. The molecule has 0 saturated carbocycles. The summed E-state index contributed by atoms with van der Waals surface area (Å²) in [5.74, 6) is 0.168. The smallest absolute Gasteiger partial charge is 0.325 e. The number of ether oxygens (including phenoxy) is 2. The quantitative estimate of drug-likeness (QED) is 0.441. The molecule has 0 unspecified atom stereocenters. The summed E-state index contributed by atoms with van der Waals surface area (Å²) in [5.41, 5.74) is 0.486. The number of hydrogen-bond acceptors (Lipinski definition) is 6. The summed E-state index contributed by atoms with van der Waals surface area (Å²) in [6.45, 7) is 6.09. The van der Waals surface area contributed by atoms with Gasteiger partial charge in [0, 0.05) is 10.7 Å². The average Bonchev–Trinajstić information content (AvgIpc) is 2.56. The SMILES string of the molecule is CC.CCOC(=O)CNC(=S)c1ncc(Br)cc1OC.CS. The topological polar surface area (TPSA) is 60.5 Å². The molecule has 126 valence electrons. The lowest BCUT2D eigenvalue weighted by Crippen LogP contribution is -2.30. The van der Waals surface area contributed by atoms with Gasteiger partial charge in [0.05, 0.1) is 13.7 Å². The minimum atomic E-state index is -0.365. The Hall–Kier alpha value is -0.860. The lowest BCUT2D eigenvalue weighted by Gasteiger charge is -2.10. The molecule has 0 atom stereocenters. The van der Waals surface area contributed by atoms with Crippen LogP contribution in [0.3, 0.4) is 0 Å². The van der Waals surface area contributed by atoms with Gasteiger partial charge in [0.2, 0.25) is 0 Å². The van der Waals surface area contributed by atoms with Crippen molar-refractivity contribution in [3.05, 3.63) is 22.4 Å². The first-order valence-electron chi connectivity index (χ1n) is 6.66. The average molecular weight is 411 g/mol. The van der Waals surface area contributed by atoms with Crippen LogP contribution >= 0.6 is 40.8 Å². The number of methoxy groups -OCH3 is 1. The number of aromatic nitrogens is 1. The van der Waals surface area contributed by atoms with Crippen LogP contribution in [0.25, 0.3) is 0 Å². The van der Waals surface area contributed by atoms with Crippen LogP contribution in [0, 0.1) is 0 Å². The standard InChI is InChI=1S/C11H13BrN2O3S.C2H6.CH4S/c1-3-17-9(15)6-14-11(18)10-8(16-2)4-7(12)5-13-10;2*1-2/h4-5H,3,6H2,1-2H3,(H,14,18);1-2H3;2H,1H3. The minimum Gasteiger partial charge on any atom is -0.494 e. The summed E-state index contributed by atoms with van der Waals surface area (Å²) in [6.07, 6.45) is 3.30. The van der Waals surface area contributed by atoms with E-state index in [0.29, 0.717) is 23.0 Å². The Morgan fingerprint density at radius 3 is 2.55 bits per heavy atom. The Kier molecular flexibility index (Phi) is 16.0. The van der Waals surface area contributed by atoms with Crippen LogP contribution < -0.4 is 10.1 Å². The molecule has 0 aliphatic heterocycles. The van der Waals surface area contributed by atoms with Crippen LogP contribution in [0.1, 0.15) is 26.5 Å². The summed E-state index contributed by atoms with van der Waals surface area (Å²) in [4.78, 5) is 15.7. The third-order valence-electron chi connectivity index (χ3n) is 1.95. The molecule has 0 saturated heterocycles. The van der Waals surface area contributed by atoms with E-state index in [-0.39, 0.29) is 12.5 Å². The van der Waals surface area contributed by atoms with E-state index in [4.69, 9.17) is 21.7 Å². The molecule has 1 aromatic heterocycles. The van der Waals surface area contributed by atoms with E-state index in [2.05, 4.69) is 38.9 Å². The van der Waals surface area contributed by atoms with Crippen molar-refractivity contribution in [3.8, 4) is 5.75 Å². The molecular formula is C14H23BrN2O3S2. The van der Waals surface area contributed by atoms with Crippen LogP contribution in [0.15, 0.2) is 16.7 Å². The van der Waals surface area contributed by atoms with Crippen LogP contribution in [-0.2, 0) is 9.53 Å². The van der Waals surface area contributed by atoms with Crippen molar-refractivity contribution in [1.29, 1.82) is 0 Å². The zero-order chi connectivity index (χ0) is 17.5. The molecule has 0 bridgehead atoms. The minimum absolute atomic E-state index is 0.00751. The zero-order valence-electron chi connectivity index (χ0n) is 13.5. The van der Waals surface area contributed by atoms with E-state index in [1.54, 1.807) is 25.4 Å². The first kappa shape index (κ1) is 23.4. The predicted octanol–water partition coefficient (Wildman–Crippen LogP) is 3.25. The van der Waals surface area contributed by atoms with E-state index >= 15 is 0 Å². The molecule has 0 radical (unpaired) electrons. The van der Waals surface area contributed by atoms with Gasteiger partial charge in [0.1, 0.15) is 23.0 Å². The maximum atomic E-state index is 11.2. The second kappa shape index (κ2) is 15.1. The number of nitrogens with one attached hydrogen (secondary N) is 1. The maximum absolute atomic E-state index is 11.2. The van der Waals surface area contributed by atoms with Gasteiger partial charge in [0.15, 0.2) is 0 Å². The van der Waals surface area contributed by atoms with Gasteiger partial charge in [-0.15, -0.1) is 0 Å². The van der Waals surface area contributed by atoms with E-state index in [0.717, 1.165) is 4.47 Å². The van der Waals surface area contributed by atoms with Gasteiger partial charge in [-0.1, -0.05) is 26.1 Å². The number of halogens is 1. The van der Waals surface area contributed by atoms with E-state index in [1.165, 1.54) is 7.11 Å². The first-order chi connectivity index (χ1) is 10.6. The van der Waals surface area contributed by atoms with Crippen molar-refractivity contribution in [2.24, 2.45) is 0 Å². The number of carbonyl (C=O) groups is 1. The zero-order valence-corrected chi connectivity index (χ0v) is 16.8. The summed E-state index contributed by atoms with van der Waals surface area (Å²) in [6, 6.07) is 1.75. The van der Waals surface area contributed by atoms with E-state index < -0.39 is 0 Å². The Labute approximate surface area is 151 Å². The number of carbonyl (C=O) groups excluding carboxylic acids is 1. The number of hydrogen-bond donors (Lipinski definition) is 2. The maximum Gasteiger partial charge on any atom is 0.325 e. The molecule has 1 aromatic rings. The van der Waals surface area contributed by atoms with Gasteiger partial charge in [-0.3, -0.25) is 4.79 Å². The molecule has 0 aromatic carbocycles. The molecule has 5 nitrogen and oxygen atoms in total. The van der Waals surface area contributed by atoms with Crippen molar-refractivity contribution in [3.63, 3.8) is 0 Å². The Bertz CT molecular complexity index is 460. The fourth-order valence-electron chi connectivity index (χ4n) is 1.20. The largest absolute Gasteiger partial charge is 0.494 e. The van der Waals surface area contributed by atoms with E-state index in [9.17, 15) is 4.79 Å². The third kappa shape index (κ3) is 9.22. The predicted molar refractivity (Wildman–Crippen MR) is 101 cm³/mol. The van der Waals surface area contributed by atoms with Crippen LogP contribution in [0.4, 0.5) is 0 Å². The first-order valence-corrected chi connectivity index (χ1v) is 8.76. The number of rotatable bonds is 5.